The first-order valence-electron chi connectivity index (χ1n) is 10.0. The SMILES string of the molecule is CCc1cccc(NC(=O)Cn2nc(NC)c(-c3nc(-c4ccc(Cl)cc4)no3)c2N)c1. The van der Waals surface area contributed by atoms with Gasteiger partial charge in [-0.15, -0.1) is 0 Å². The molecule has 0 saturated heterocycles. The number of nitrogen functional groups attached to an aromatic ring is 1. The Morgan fingerprint density at radius 1 is 1.22 bits per heavy atom. The van der Waals surface area contributed by atoms with E-state index in [1.54, 1.807) is 31.3 Å². The lowest BCUT2D eigenvalue weighted by molar-refractivity contribution is -0.116. The standard InChI is InChI=1S/C22H22ClN7O2/c1-3-13-5-4-6-16(11-13)26-17(31)12-30-19(24)18(21(25-2)28-30)22-27-20(29-32-22)14-7-9-15(23)10-8-14/h4-11H,3,12,24H2,1-2H3,(H,25,28)(H,26,31). The van der Waals surface area contributed by atoms with Crippen molar-refractivity contribution in [2.45, 2.75) is 19.9 Å². The minimum absolute atomic E-state index is 0.0744. The van der Waals surface area contributed by atoms with Crippen molar-refractivity contribution in [3.8, 4) is 22.8 Å². The Hall–Kier alpha value is -3.85. The minimum atomic E-state index is -0.256. The molecule has 1 amide bonds. The third-order valence-electron chi connectivity index (χ3n) is 4.88. The number of halogens is 1. The number of aromatic nitrogens is 4. The number of hydrogen-bond donors (Lipinski definition) is 3. The van der Waals surface area contributed by atoms with Crippen molar-refractivity contribution < 1.29 is 9.32 Å². The highest BCUT2D eigenvalue weighted by Crippen LogP contribution is 2.33. The number of rotatable bonds is 7. The zero-order chi connectivity index (χ0) is 22.7. The predicted octanol–water partition coefficient (Wildman–Crippen LogP) is 4.08. The highest BCUT2D eigenvalue weighted by molar-refractivity contribution is 6.30. The van der Waals surface area contributed by atoms with Gasteiger partial charge in [0.15, 0.2) is 5.82 Å². The molecule has 0 bridgehead atoms. The second-order valence-corrected chi connectivity index (χ2v) is 7.49. The van der Waals surface area contributed by atoms with Crippen molar-refractivity contribution in [1.29, 1.82) is 0 Å². The predicted molar refractivity (Wildman–Crippen MR) is 124 cm³/mol. The zero-order valence-electron chi connectivity index (χ0n) is 17.6. The molecule has 0 spiro atoms. The Morgan fingerprint density at radius 3 is 2.72 bits per heavy atom. The number of hydrogen-bond acceptors (Lipinski definition) is 7. The Balaban J connectivity index is 1.57. The fraction of sp³-hybridized carbons (Fsp3) is 0.182. The van der Waals surface area contributed by atoms with Crippen LogP contribution in [0.25, 0.3) is 22.8 Å². The van der Waals surface area contributed by atoms with E-state index in [2.05, 4.69) is 32.8 Å². The molecule has 0 radical (unpaired) electrons. The van der Waals surface area contributed by atoms with Crippen LogP contribution in [-0.2, 0) is 17.8 Å². The van der Waals surface area contributed by atoms with Crippen LogP contribution in [0.4, 0.5) is 17.3 Å². The van der Waals surface area contributed by atoms with Gasteiger partial charge in [-0.1, -0.05) is 35.8 Å². The molecule has 2 aromatic carbocycles. The summed E-state index contributed by atoms with van der Waals surface area (Å²) in [5.74, 6) is 0.986. The van der Waals surface area contributed by atoms with Gasteiger partial charge < -0.3 is 20.9 Å². The summed E-state index contributed by atoms with van der Waals surface area (Å²) in [7, 11) is 1.70. The number of nitrogens with one attached hydrogen (secondary N) is 2. The third-order valence-corrected chi connectivity index (χ3v) is 5.14. The largest absolute Gasteiger partial charge is 0.383 e. The van der Waals surface area contributed by atoms with Crippen LogP contribution in [-0.4, -0.2) is 32.9 Å². The second-order valence-electron chi connectivity index (χ2n) is 7.05. The summed E-state index contributed by atoms with van der Waals surface area (Å²) in [6.45, 7) is 1.98. The van der Waals surface area contributed by atoms with Gasteiger partial charge >= 0.3 is 0 Å². The summed E-state index contributed by atoms with van der Waals surface area (Å²) < 4.78 is 6.83. The van der Waals surface area contributed by atoms with Gasteiger partial charge in [0.1, 0.15) is 17.9 Å². The molecule has 0 unspecified atom stereocenters. The van der Waals surface area contributed by atoms with Crippen LogP contribution in [0.2, 0.25) is 5.02 Å². The van der Waals surface area contributed by atoms with Crippen LogP contribution in [0.1, 0.15) is 12.5 Å². The van der Waals surface area contributed by atoms with Gasteiger partial charge in [0.05, 0.1) is 0 Å². The number of carbonyl (C=O) groups is 1. The first kappa shape index (κ1) is 21.4. The molecule has 32 heavy (non-hydrogen) atoms. The van der Waals surface area contributed by atoms with Crippen molar-refractivity contribution in [2.75, 3.05) is 23.4 Å². The number of nitrogens with zero attached hydrogens (tertiary/aromatic N) is 4. The van der Waals surface area contributed by atoms with E-state index in [1.807, 2.05) is 24.3 Å². The monoisotopic (exact) mass is 451 g/mol. The summed E-state index contributed by atoms with van der Waals surface area (Å²) in [6.07, 6.45) is 0.882. The molecule has 0 saturated carbocycles. The Kier molecular flexibility index (Phi) is 6.09. The van der Waals surface area contributed by atoms with Crippen molar-refractivity contribution in [3.05, 3.63) is 59.1 Å². The Labute approximate surface area is 189 Å². The Morgan fingerprint density at radius 2 is 2.00 bits per heavy atom. The number of aryl methyl sites for hydroxylation is 1. The lowest BCUT2D eigenvalue weighted by Gasteiger charge is -2.08. The third kappa shape index (κ3) is 4.42. The van der Waals surface area contributed by atoms with Crippen LogP contribution >= 0.6 is 11.6 Å². The first-order chi connectivity index (χ1) is 15.5. The molecule has 0 aliphatic rings. The van der Waals surface area contributed by atoms with E-state index in [1.165, 1.54) is 4.68 Å². The summed E-state index contributed by atoms with van der Waals surface area (Å²) in [5.41, 5.74) is 9.33. The van der Waals surface area contributed by atoms with Crippen LogP contribution in [0, 0.1) is 0 Å². The molecule has 10 heteroatoms. The van der Waals surface area contributed by atoms with E-state index in [-0.39, 0.29) is 24.2 Å². The topological polar surface area (TPSA) is 124 Å². The highest BCUT2D eigenvalue weighted by atomic mass is 35.5. The molecular formula is C22H22ClN7O2. The number of benzene rings is 2. The molecule has 0 fully saturated rings. The van der Waals surface area contributed by atoms with Gasteiger partial charge in [0.2, 0.25) is 11.7 Å². The zero-order valence-corrected chi connectivity index (χ0v) is 18.3. The average molecular weight is 452 g/mol. The molecule has 0 aliphatic carbocycles. The fourth-order valence-electron chi connectivity index (χ4n) is 3.23. The average Bonchev–Trinajstić information content (AvgIpc) is 3.39. The van der Waals surface area contributed by atoms with Crippen molar-refractivity contribution in [3.63, 3.8) is 0 Å². The molecule has 4 aromatic rings. The minimum Gasteiger partial charge on any atom is -0.383 e. The number of amides is 1. The summed E-state index contributed by atoms with van der Waals surface area (Å²) >= 11 is 5.94. The fourth-order valence-corrected chi connectivity index (χ4v) is 3.35. The van der Waals surface area contributed by atoms with Crippen molar-refractivity contribution in [1.82, 2.24) is 19.9 Å². The van der Waals surface area contributed by atoms with Gasteiger partial charge in [-0.2, -0.15) is 10.1 Å². The van der Waals surface area contributed by atoms with E-state index in [4.69, 9.17) is 21.9 Å². The molecule has 0 atom stereocenters. The van der Waals surface area contributed by atoms with Gasteiger partial charge in [-0.05, 0) is 48.4 Å². The molecule has 4 N–H and O–H groups in total. The van der Waals surface area contributed by atoms with Crippen LogP contribution in [0.15, 0.2) is 53.1 Å². The molecule has 4 rings (SSSR count). The summed E-state index contributed by atoms with van der Waals surface area (Å²) in [6, 6.07) is 14.8. The van der Waals surface area contributed by atoms with Crippen molar-refractivity contribution >= 4 is 34.8 Å². The van der Waals surface area contributed by atoms with E-state index < -0.39 is 0 Å². The maximum absolute atomic E-state index is 12.6. The van der Waals surface area contributed by atoms with Crippen LogP contribution in [0.5, 0.6) is 0 Å². The van der Waals surface area contributed by atoms with Crippen LogP contribution < -0.4 is 16.4 Å². The van der Waals surface area contributed by atoms with Crippen LogP contribution in [0.3, 0.4) is 0 Å². The lowest BCUT2D eigenvalue weighted by Crippen LogP contribution is -2.20. The Bertz CT molecular complexity index is 1250. The number of anilines is 3. The number of nitrogens with two attached hydrogens (primary N) is 1. The maximum atomic E-state index is 12.6. The summed E-state index contributed by atoms with van der Waals surface area (Å²) in [4.78, 5) is 17.0. The first-order valence-corrected chi connectivity index (χ1v) is 10.4. The molecule has 2 heterocycles. The lowest BCUT2D eigenvalue weighted by atomic mass is 10.1. The quantitative estimate of drug-likeness (QED) is 0.386. The molecule has 0 aliphatic heterocycles. The molecule has 9 nitrogen and oxygen atoms in total. The summed E-state index contributed by atoms with van der Waals surface area (Å²) in [5, 5.41) is 14.9. The van der Waals surface area contributed by atoms with E-state index in [0.29, 0.717) is 22.2 Å². The van der Waals surface area contributed by atoms with Crippen molar-refractivity contribution in [2.24, 2.45) is 0 Å². The highest BCUT2D eigenvalue weighted by Gasteiger charge is 2.23. The van der Waals surface area contributed by atoms with E-state index in [9.17, 15) is 4.79 Å². The van der Waals surface area contributed by atoms with Gasteiger partial charge in [0, 0.05) is 23.3 Å². The van der Waals surface area contributed by atoms with Gasteiger partial charge in [-0.3, -0.25) is 4.79 Å². The van der Waals surface area contributed by atoms with E-state index in [0.717, 1.165) is 23.2 Å². The van der Waals surface area contributed by atoms with Gasteiger partial charge in [0.25, 0.3) is 5.89 Å². The maximum Gasteiger partial charge on any atom is 0.265 e. The smallest absolute Gasteiger partial charge is 0.265 e. The normalized spacial score (nSPS) is 10.8. The number of carbonyl (C=O) groups excluding carboxylic acids is 1. The molecule has 164 valence electrons. The van der Waals surface area contributed by atoms with Gasteiger partial charge in [-0.25, -0.2) is 4.68 Å². The van der Waals surface area contributed by atoms with E-state index >= 15 is 0 Å². The molecular weight excluding hydrogens is 430 g/mol. The second kappa shape index (κ2) is 9.11. The molecule has 2 aromatic heterocycles.